The van der Waals surface area contributed by atoms with Crippen molar-refractivity contribution < 1.29 is 4.74 Å². The second-order valence-corrected chi connectivity index (χ2v) is 3.88. The number of benzene rings is 1. The minimum Gasteiger partial charge on any atom is -0.711 e. The third-order valence-electron chi connectivity index (χ3n) is 2.51. The van der Waals surface area contributed by atoms with Gasteiger partial charge in [-0.3, -0.25) is 5.32 Å². The van der Waals surface area contributed by atoms with Crippen molar-refractivity contribution in [3.8, 4) is 0 Å². The molecule has 0 atom stereocenters. The van der Waals surface area contributed by atoms with Gasteiger partial charge in [-0.1, -0.05) is 0 Å². The minimum atomic E-state index is 0.604. The molecular formula is C12H15N3O. The summed E-state index contributed by atoms with van der Waals surface area (Å²) in [7, 11) is 3.98. The number of rotatable bonds is 2. The second kappa shape index (κ2) is 4.26. The first-order valence-corrected chi connectivity index (χ1v) is 5.20. The van der Waals surface area contributed by atoms with Gasteiger partial charge in [0.05, 0.1) is 11.8 Å². The Hall–Kier alpha value is -1.97. The van der Waals surface area contributed by atoms with E-state index < -0.39 is 0 Å². The molecule has 0 saturated heterocycles. The molecule has 4 nitrogen and oxygen atoms in total. The minimum absolute atomic E-state index is 0.604. The third kappa shape index (κ3) is 2.00. The maximum atomic E-state index is 11.5. The van der Waals surface area contributed by atoms with E-state index in [0.717, 1.165) is 16.0 Å². The van der Waals surface area contributed by atoms with E-state index in [-0.39, 0.29) is 0 Å². The lowest BCUT2D eigenvalue weighted by Crippen LogP contribution is -2.33. The van der Waals surface area contributed by atoms with E-state index in [1.54, 1.807) is 6.08 Å². The number of anilines is 1. The van der Waals surface area contributed by atoms with E-state index in [1.165, 1.54) is 6.20 Å². The van der Waals surface area contributed by atoms with Crippen LogP contribution in [0.15, 0.2) is 36.5 Å². The lowest BCUT2D eigenvalue weighted by atomic mass is 10.1. The van der Waals surface area contributed by atoms with Crippen molar-refractivity contribution in [3.05, 3.63) is 47.3 Å². The van der Waals surface area contributed by atoms with Crippen LogP contribution in [0.1, 0.15) is 5.56 Å². The standard InChI is InChI=1S/C12H15N3O/c1-14(2)11-6-4-10(5-7-11)12-13-8-3-9-15(12)16/h3-7,9,13H,8H2,1-2H3. The average Bonchev–Trinajstić information content (AvgIpc) is 2.30. The summed E-state index contributed by atoms with van der Waals surface area (Å²) >= 11 is 0. The predicted octanol–water partition coefficient (Wildman–Crippen LogP) is 1.13. The zero-order valence-corrected chi connectivity index (χ0v) is 9.47. The van der Waals surface area contributed by atoms with Crippen molar-refractivity contribution in [1.29, 1.82) is 0 Å². The quantitative estimate of drug-likeness (QED) is 0.596. The Bertz CT molecular complexity index is 432. The number of amidine groups is 1. The molecule has 1 heterocycles. The van der Waals surface area contributed by atoms with Crippen LogP contribution < -0.4 is 10.2 Å². The van der Waals surface area contributed by atoms with Crippen molar-refractivity contribution in [3.63, 3.8) is 0 Å². The topological polar surface area (TPSA) is 41.3 Å². The van der Waals surface area contributed by atoms with Crippen molar-refractivity contribution in [2.75, 3.05) is 25.5 Å². The van der Waals surface area contributed by atoms with E-state index >= 15 is 0 Å². The van der Waals surface area contributed by atoms with Gasteiger partial charge in [-0.05, 0) is 30.3 Å². The van der Waals surface area contributed by atoms with E-state index in [1.807, 2.05) is 43.3 Å². The molecule has 4 heteroatoms. The molecule has 0 bridgehead atoms. The lowest BCUT2D eigenvalue weighted by molar-refractivity contribution is -0.382. The number of nitrogens with one attached hydrogen (secondary N) is 1. The molecule has 0 unspecified atom stereocenters. The maximum Gasteiger partial charge on any atom is 0.285 e. The van der Waals surface area contributed by atoms with Gasteiger partial charge >= 0.3 is 0 Å². The largest absolute Gasteiger partial charge is 0.711 e. The highest BCUT2D eigenvalue weighted by atomic mass is 16.5. The van der Waals surface area contributed by atoms with Crippen LogP contribution in [0.5, 0.6) is 0 Å². The van der Waals surface area contributed by atoms with E-state index in [0.29, 0.717) is 12.4 Å². The maximum absolute atomic E-state index is 11.5. The Morgan fingerprint density at radius 3 is 2.50 bits per heavy atom. The first kappa shape index (κ1) is 10.5. The molecule has 1 aromatic rings. The Kier molecular flexibility index (Phi) is 2.81. The van der Waals surface area contributed by atoms with Gasteiger partial charge in [-0.15, -0.1) is 0 Å². The summed E-state index contributed by atoms with van der Waals surface area (Å²) in [6, 6.07) is 7.88. The Morgan fingerprint density at radius 1 is 1.25 bits per heavy atom. The van der Waals surface area contributed by atoms with Gasteiger partial charge in [0.15, 0.2) is 0 Å². The van der Waals surface area contributed by atoms with Crippen LogP contribution in [-0.4, -0.2) is 31.2 Å². The molecule has 2 rings (SSSR count). The van der Waals surface area contributed by atoms with Crippen LogP contribution in [0, 0.1) is 5.21 Å². The van der Waals surface area contributed by atoms with Crippen LogP contribution >= 0.6 is 0 Å². The normalized spacial score (nSPS) is 14.9. The van der Waals surface area contributed by atoms with Crippen LogP contribution in [0.2, 0.25) is 0 Å². The molecule has 1 aromatic carbocycles. The molecule has 0 aromatic heterocycles. The van der Waals surface area contributed by atoms with Crippen LogP contribution in [-0.2, 0) is 0 Å². The van der Waals surface area contributed by atoms with Gasteiger partial charge in [0.1, 0.15) is 6.54 Å². The Balaban J connectivity index is 2.31. The number of hydrogen-bond donors (Lipinski definition) is 1. The smallest absolute Gasteiger partial charge is 0.285 e. The van der Waals surface area contributed by atoms with Crippen LogP contribution in [0.25, 0.3) is 0 Å². The first-order valence-electron chi connectivity index (χ1n) is 5.20. The number of hydrogen-bond acceptors (Lipinski definition) is 3. The van der Waals surface area contributed by atoms with Gasteiger partial charge in [0, 0.05) is 19.8 Å². The fraction of sp³-hybridized carbons (Fsp3) is 0.250. The Morgan fingerprint density at radius 2 is 1.94 bits per heavy atom. The van der Waals surface area contributed by atoms with Crippen molar-refractivity contribution in [1.82, 2.24) is 5.32 Å². The highest BCUT2D eigenvalue weighted by molar-refractivity contribution is 5.95. The molecule has 0 radical (unpaired) electrons. The van der Waals surface area contributed by atoms with E-state index in [9.17, 15) is 5.21 Å². The predicted molar refractivity (Wildman–Crippen MR) is 65.6 cm³/mol. The van der Waals surface area contributed by atoms with E-state index in [2.05, 4.69) is 5.32 Å². The van der Waals surface area contributed by atoms with Crippen LogP contribution in [0.3, 0.4) is 0 Å². The zero-order valence-electron chi connectivity index (χ0n) is 9.47. The summed E-state index contributed by atoms with van der Waals surface area (Å²) < 4.78 is 0.855. The summed E-state index contributed by atoms with van der Waals surface area (Å²) in [6.07, 6.45) is 3.33. The molecule has 1 aliphatic rings. The van der Waals surface area contributed by atoms with Gasteiger partial charge in [0.25, 0.3) is 5.84 Å². The monoisotopic (exact) mass is 217 g/mol. The fourth-order valence-corrected chi connectivity index (χ4v) is 1.60. The van der Waals surface area contributed by atoms with Gasteiger partial charge < -0.3 is 10.1 Å². The molecular weight excluding hydrogens is 202 g/mol. The molecule has 0 amide bonds. The highest BCUT2D eigenvalue weighted by Crippen LogP contribution is 2.12. The highest BCUT2D eigenvalue weighted by Gasteiger charge is 2.13. The van der Waals surface area contributed by atoms with Crippen LogP contribution in [0.4, 0.5) is 5.69 Å². The summed E-state index contributed by atoms with van der Waals surface area (Å²) in [5.74, 6) is 0.604. The molecule has 16 heavy (non-hydrogen) atoms. The van der Waals surface area contributed by atoms with Crippen molar-refractivity contribution in [2.45, 2.75) is 0 Å². The summed E-state index contributed by atoms with van der Waals surface area (Å²) in [6.45, 7) is 0.698. The average molecular weight is 217 g/mol. The Labute approximate surface area is 95.1 Å². The third-order valence-corrected chi connectivity index (χ3v) is 2.51. The van der Waals surface area contributed by atoms with Crippen molar-refractivity contribution in [2.24, 2.45) is 0 Å². The van der Waals surface area contributed by atoms with Gasteiger partial charge in [-0.25, -0.2) is 4.74 Å². The fourth-order valence-electron chi connectivity index (χ4n) is 1.60. The molecule has 0 aliphatic carbocycles. The molecule has 0 spiro atoms. The van der Waals surface area contributed by atoms with Gasteiger partial charge in [-0.2, -0.15) is 0 Å². The lowest BCUT2D eigenvalue weighted by Gasteiger charge is -2.16. The summed E-state index contributed by atoms with van der Waals surface area (Å²) in [5, 5.41) is 14.6. The molecule has 84 valence electrons. The first-order chi connectivity index (χ1) is 7.68. The zero-order chi connectivity index (χ0) is 11.5. The van der Waals surface area contributed by atoms with E-state index in [4.69, 9.17) is 0 Å². The molecule has 0 fully saturated rings. The number of hydroxylamine groups is 1. The summed E-state index contributed by atoms with van der Waals surface area (Å²) in [5.41, 5.74) is 2.03. The second-order valence-electron chi connectivity index (χ2n) is 3.88. The number of nitrogens with zero attached hydrogens (tertiary/aromatic N) is 2. The van der Waals surface area contributed by atoms with Gasteiger partial charge in [0.2, 0.25) is 0 Å². The molecule has 0 saturated carbocycles. The summed E-state index contributed by atoms with van der Waals surface area (Å²) in [4.78, 5) is 2.03. The van der Waals surface area contributed by atoms with Crippen molar-refractivity contribution >= 4 is 11.5 Å². The SMILES string of the molecule is CN(C)c1ccc(C2=[N+]([O-])C=CCN2)cc1. The molecule has 1 aliphatic heterocycles. The molecule has 1 N–H and O–H groups in total.